The topological polar surface area (TPSA) is 55.0 Å². The molecule has 20 heavy (non-hydrogen) atoms. The van der Waals surface area contributed by atoms with Crippen LogP contribution in [0.15, 0.2) is 36.5 Å². The largest absolute Gasteiger partial charge is 0.368 e. The van der Waals surface area contributed by atoms with Crippen molar-refractivity contribution in [1.82, 2.24) is 14.9 Å². The number of anilines is 1. The summed E-state index contributed by atoms with van der Waals surface area (Å²) < 4.78 is 0. The first-order valence-electron chi connectivity index (χ1n) is 7.21. The molecule has 4 nitrogen and oxygen atoms in total. The number of benzene rings is 1. The molecule has 0 amide bonds. The molecule has 1 aromatic carbocycles. The summed E-state index contributed by atoms with van der Waals surface area (Å²) in [6, 6.07) is 10.5. The average Bonchev–Trinajstić information content (AvgIpc) is 2.99. The van der Waals surface area contributed by atoms with Gasteiger partial charge in [0.2, 0.25) is 5.95 Å². The first-order chi connectivity index (χ1) is 9.81. The summed E-state index contributed by atoms with van der Waals surface area (Å²) in [6.07, 6.45) is 5.49. The van der Waals surface area contributed by atoms with Crippen molar-refractivity contribution in [3.8, 4) is 11.3 Å². The lowest BCUT2D eigenvalue weighted by Gasteiger charge is -2.14. The number of nitrogens with zero attached hydrogens (tertiary/aromatic N) is 3. The van der Waals surface area contributed by atoms with Crippen LogP contribution in [-0.4, -0.2) is 34.5 Å². The van der Waals surface area contributed by atoms with E-state index in [4.69, 9.17) is 5.73 Å². The number of hydrogen-bond acceptors (Lipinski definition) is 4. The summed E-state index contributed by atoms with van der Waals surface area (Å²) in [4.78, 5) is 10.8. The molecule has 0 radical (unpaired) electrons. The van der Waals surface area contributed by atoms with E-state index in [0.29, 0.717) is 5.95 Å². The van der Waals surface area contributed by atoms with Gasteiger partial charge < -0.3 is 10.6 Å². The van der Waals surface area contributed by atoms with E-state index >= 15 is 0 Å². The van der Waals surface area contributed by atoms with Gasteiger partial charge in [-0.25, -0.2) is 9.97 Å². The molecule has 1 saturated heterocycles. The van der Waals surface area contributed by atoms with Crippen LogP contribution in [-0.2, 0) is 6.42 Å². The summed E-state index contributed by atoms with van der Waals surface area (Å²) in [5.74, 6) is 0.324. The predicted molar refractivity (Wildman–Crippen MR) is 81.3 cm³/mol. The van der Waals surface area contributed by atoms with Gasteiger partial charge in [-0.15, -0.1) is 0 Å². The van der Waals surface area contributed by atoms with Crippen molar-refractivity contribution in [1.29, 1.82) is 0 Å². The Bertz CT molecular complexity index is 576. The Kier molecular flexibility index (Phi) is 3.92. The van der Waals surface area contributed by atoms with E-state index in [0.717, 1.165) is 24.2 Å². The van der Waals surface area contributed by atoms with Crippen molar-refractivity contribution < 1.29 is 0 Å². The number of rotatable bonds is 4. The number of hydrogen-bond donors (Lipinski definition) is 1. The molecule has 0 saturated carbocycles. The maximum Gasteiger partial charge on any atom is 0.220 e. The van der Waals surface area contributed by atoms with E-state index in [1.54, 1.807) is 6.20 Å². The fourth-order valence-corrected chi connectivity index (χ4v) is 2.71. The van der Waals surface area contributed by atoms with Crippen LogP contribution in [0.1, 0.15) is 18.4 Å². The second-order valence-electron chi connectivity index (χ2n) is 5.30. The molecular formula is C16H20N4. The lowest BCUT2D eigenvalue weighted by molar-refractivity contribution is 0.343. The first kappa shape index (κ1) is 13.1. The van der Waals surface area contributed by atoms with Gasteiger partial charge in [-0.3, -0.25) is 0 Å². The van der Waals surface area contributed by atoms with E-state index in [2.05, 4.69) is 39.1 Å². The highest BCUT2D eigenvalue weighted by Crippen LogP contribution is 2.19. The monoisotopic (exact) mass is 268 g/mol. The van der Waals surface area contributed by atoms with Crippen LogP contribution in [0.3, 0.4) is 0 Å². The lowest BCUT2D eigenvalue weighted by Crippen LogP contribution is -2.21. The van der Waals surface area contributed by atoms with E-state index in [1.165, 1.54) is 31.5 Å². The van der Waals surface area contributed by atoms with Gasteiger partial charge in [0.05, 0.1) is 5.69 Å². The Balaban J connectivity index is 1.72. The molecule has 2 N–H and O–H groups in total. The number of likely N-dealkylation sites (tertiary alicyclic amines) is 1. The van der Waals surface area contributed by atoms with Crippen LogP contribution in [0.2, 0.25) is 0 Å². The third-order valence-corrected chi connectivity index (χ3v) is 3.81. The van der Waals surface area contributed by atoms with Gasteiger partial charge in [-0.2, -0.15) is 0 Å². The molecule has 1 aromatic heterocycles. The van der Waals surface area contributed by atoms with Crippen molar-refractivity contribution in [2.45, 2.75) is 19.3 Å². The Hall–Kier alpha value is -1.94. The molecular weight excluding hydrogens is 248 g/mol. The third-order valence-electron chi connectivity index (χ3n) is 3.81. The fraction of sp³-hybridized carbons (Fsp3) is 0.375. The van der Waals surface area contributed by atoms with Gasteiger partial charge in [0.1, 0.15) is 0 Å². The van der Waals surface area contributed by atoms with Gasteiger partial charge in [0.15, 0.2) is 0 Å². The van der Waals surface area contributed by atoms with Crippen LogP contribution in [0.4, 0.5) is 5.95 Å². The standard InChI is InChI=1S/C16H20N4/c17-16-18-8-6-15(19-16)14-5-3-4-13(12-14)7-11-20-9-1-2-10-20/h3-6,8,12H,1-2,7,9-11H2,(H2,17,18,19). The van der Waals surface area contributed by atoms with Crippen LogP contribution in [0.25, 0.3) is 11.3 Å². The molecule has 1 aliphatic heterocycles. The first-order valence-corrected chi connectivity index (χ1v) is 7.21. The molecule has 2 aromatic rings. The minimum Gasteiger partial charge on any atom is -0.368 e. The Labute approximate surface area is 119 Å². The quantitative estimate of drug-likeness (QED) is 0.925. The lowest BCUT2D eigenvalue weighted by atomic mass is 10.1. The Morgan fingerprint density at radius 3 is 2.80 bits per heavy atom. The van der Waals surface area contributed by atoms with Crippen LogP contribution in [0.5, 0.6) is 0 Å². The number of nitrogen functional groups attached to an aromatic ring is 1. The van der Waals surface area contributed by atoms with Crippen molar-refractivity contribution in [2.24, 2.45) is 0 Å². The zero-order valence-corrected chi connectivity index (χ0v) is 11.6. The van der Waals surface area contributed by atoms with Crippen LogP contribution < -0.4 is 5.73 Å². The van der Waals surface area contributed by atoms with Gasteiger partial charge in [-0.1, -0.05) is 18.2 Å². The molecule has 4 heteroatoms. The predicted octanol–water partition coefficient (Wildman–Crippen LogP) is 2.36. The molecule has 2 heterocycles. The van der Waals surface area contributed by atoms with Crippen LogP contribution in [0, 0.1) is 0 Å². The molecule has 3 rings (SSSR count). The van der Waals surface area contributed by atoms with E-state index in [9.17, 15) is 0 Å². The molecule has 104 valence electrons. The molecule has 0 aliphatic carbocycles. The van der Waals surface area contributed by atoms with E-state index in [1.807, 2.05) is 6.07 Å². The molecule has 0 spiro atoms. The van der Waals surface area contributed by atoms with Gasteiger partial charge >= 0.3 is 0 Å². The Morgan fingerprint density at radius 1 is 1.15 bits per heavy atom. The second kappa shape index (κ2) is 6.01. The Morgan fingerprint density at radius 2 is 2.00 bits per heavy atom. The molecule has 0 bridgehead atoms. The number of nitrogens with two attached hydrogens (primary N) is 1. The van der Waals surface area contributed by atoms with Gasteiger partial charge in [0, 0.05) is 18.3 Å². The van der Waals surface area contributed by atoms with E-state index < -0.39 is 0 Å². The van der Waals surface area contributed by atoms with Gasteiger partial charge in [0.25, 0.3) is 0 Å². The summed E-state index contributed by atoms with van der Waals surface area (Å²) >= 11 is 0. The average molecular weight is 268 g/mol. The highest BCUT2D eigenvalue weighted by atomic mass is 15.1. The van der Waals surface area contributed by atoms with Crippen molar-refractivity contribution in [3.63, 3.8) is 0 Å². The zero-order chi connectivity index (χ0) is 13.8. The van der Waals surface area contributed by atoms with Gasteiger partial charge in [-0.05, 0) is 50.0 Å². The smallest absolute Gasteiger partial charge is 0.220 e. The van der Waals surface area contributed by atoms with Crippen LogP contribution >= 0.6 is 0 Å². The van der Waals surface area contributed by atoms with E-state index in [-0.39, 0.29) is 0 Å². The highest BCUT2D eigenvalue weighted by Gasteiger charge is 2.11. The minimum absolute atomic E-state index is 0.324. The molecule has 1 fully saturated rings. The summed E-state index contributed by atoms with van der Waals surface area (Å²) in [5.41, 5.74) is 9.00. The fourth-order valence-electron chi connectivity index (χ4n) is 2.71. The molecule has 1 aliphatic rings. The maximum absolute atomic E-state index is 5.65. The van der Waals surface area contributed by atoms with Crippen molar-refractivity contribution >= 4 is 5.95 Å². The minimum atomic E-state index is 0.324. The SMILES string of the molecule is Nc1nccc(-c2cccc(CCN3CCCC3)c2)n1. The summed E-state index contributed by atoms with van der Waals surface area (Å²) in [7, 11) is 0. The zero-order valence-electron chi connectivity index (χ0n) is 11.6. The molecule has 0 atom stereocenters. The second-order valence-corrected chi connectivity index (χ2v) is 5.30. The highest BCUT2D eigenvalue weighted by molar-refractivity contribution is 5.60. The normalized spacial score (nSPS) is 15.6. The van der Waals surface area contributed by atoms with Crippen molar-refractivity contribution in [2.75, 3.05) is 25.4 Å². The number of aromatic nitrogens is 2. The summed E-state index contributed by atoms with van der Waals surface area (Å²) in [5, 5.41) is 0. The summed E-state index contributed by atoms with van der Waals surface area (Å²) in [6.45, 7) is 3.65. The third kappa shape index (κ3) is 3.14. The van der Waals surface area contributed by atoms with Crippen molar-refractivity contribution in [3.05, 3.63) is 42.1 Å². The molecule has 0 unspecified atom stereocenters. The maximum atomic E-state index is 5.65.